The largest absolute Gasteiger partial charge is 0.370 e. The third kappa shape index (κ3) is 5.17. The number of terminal acetylenes is 1. The maximum atomic E-state index is 10.3. The van der Waals surface area contributed by atoms with E-state index in [1.165, 1.54) is 0 Å². The van der Waals surface area contributed by atoms with E-state index in [1.807, 2.05) is 6.92 Å². The number of rotatable bonds is 4. The SMILES string of the molecule is C#CCC(C)CCC(N)=O. The Morgan fingerprint density at radius 3 is 2.80 bits per heavy atom. The molecule has 56 valence electrons. The first-order valence-electron chi connectivity index (χ1n) is 3.38. The van der Waals surface area contributed by atoms with Crippen LogP contribution in [0.25, 0.3) is 0 Å². The van der Waals surface area contributed by atoms with Gasteiger partial charge in [-0.05, 0) is 12.3 Å². The normalized spacial score (nSPS) is 12.0. The monoisotopic (exact) mass is 139 g/mol. The van der Waals surface area contributed by atoms with Crippen molar-refractivity contribution < 1.29 is 4.79 Å². The Morgan fingerprint density at radius 1 is 1.80 bits per heavy atom. The summed E-state index contributed by atoms with van der Waals surface area (Å²) in [5.74, 6) is 2.71. The summed E-state index contributed by atoms with van der Waals surface area (Å²) in [5, 5.41) is 0. The topological polar surface area (TPSA) is 43.1 Å². The molecule has 0 aromatic heterocycles. The number of carbonyl (C=O) groups is 1. The van der Waals surface area contributed by atoms with Crippen molar-refractivity contribution >= 4 is 5.91 Å². The van der Waals surface area contributed by atoms with E-state index in [9.17, 15) is 4.79 Å². The minimum Gasteiger partial charge on any atom is -0.370 e. The molecule has 0 saturated carbocycles. The number of hydrogen-bond donors (Lipinski definition) is 1. The minimum atomic E-state index is -0.246. The molecular formula is C8H13NO. The van der Waals surface area contributed by atoms with Gasteiger partial charge in [0.2, 0.25) is 5.91 Å². The van der Waals surface area contributed by atoms with Crippen molar-refractivity contribution in [1.82, 2.24) is 0 Å². The molecule has 1 atom stereocenters. The average molecular weight is 139 g/mol. The van der Waals surface area contributed by atoms with Crippen LogP contribution in [-0.4, -0.2) is 5.91 Å². The maximum Gasteiger partial charge on any atom is 0.217 e. The van der Waals surface area contributed by atoms with E-state index < -0.39 is 0 Å². The number of nitrogens with two attached hydrogens (primary N) is 1. The molecule has 0 aliphatic rings. The lowest BCUT2D eigenvalue weighted by molar-refractivity contribution is -0.118. The Bertz CT molecular complexity index is 146. The molecule has 0 aromatic carbocycles. The molecule has 0 heterocycles. The highest BCUT2D eigenvalue weighted by Gasteiger charge is 2.01. The molecule has 2 nitrogen and oxygen atoms in total. The van der Waals surface area contributed by atoms with Gasteiger partial charge in [0.1, 0.15) is 0 Å². The van der Waals surface area contributed by atoms with Gasteiger partial charge in [0, 0.05) is 12.8 Å². The van der Waals surface area contributed by atoms with Crippen LogP contribution < -0.4 is 5.73 Å². The van der Waals surface area contributed by atoms with Crippen molar-refractivity contribution in [3.8, 4) is 12.3 Å². The lowest BCUT2D eigenvalue weighted by atomic mass is 10.0. The molecule has 0 aliphatic carbocycles. The Morgan fingerprint density at radius 2 is 2.40 bits per heavy atom. The van der Waals surface area contributed by atoms with Gasteiger partial charge < -0.3 is 5.73 Å². The standard InChI is InChI=1S/C8H13NO/c1-3-4-7(2)5-6-8(9)10/h1,7H,4-6H2,2H3,(H2,9,10). The number of primary amides is 1. The van der Waals surface area contributed by atoms with Gasteiger partial charge in [0.05, 0.1) is 0 Å². The molecule has 2 N–H and O–H groups in total. The van der Waals surface area contributed by atoms with Crippen LogP contribution in [0.4, 0.5) is 0 Å². The minimum absolute atomic E-state index is 0.246. The molecule has 10 heavy (non-hydrogen) atoms. The summed E-state index contributed by atoms with van der Waals surface area (Å²) < 4.78 is 0. The summed E-state index contributed by atoms with van der Waals surface area (Å²) in [6.45, 7) is 2.02. The van der Waals surface area contributed by atoms with Gasteiger partial charge in [-0.25, -0.2) is 0 Å². The summed E-state index contributed by atoms with van der Waals surface area (Å²) in [6, 6.07) is 0. The van der Waals surface area contributed by atoms with Gasteiger partial charge in [-0.1, -0.05) is 6.92 Å². The van der Waals surface area contributed by atoms with Crippen LogP contribution in [0.2, 0.25) is 0 Å². The fourth-order valence-electron chi connectivity index (χ4n) is 0.692. The van der Waals surface area contributed by atoms with Crippen LogP contribution >= 0.6 is 0 Å². The molecule has 2 heteroatoms. The van der Waals surface area contributed by atoms with E-state index in [-0.39, 0.29) is 5.91 Å². The first-order valence-corrected chi connectivity index (χ1v) is 3.38. The molecule has 0 saturated heterocycles. The van der Waals surface area contributed by atoms with Crippen molar-refractivity contribution in [3.05, 3.63) is 0 Å². The smallest absolute Gasteiger partial charge is 0.217 e. The fraction of sp³-hybridized carbons (Fsp3) is 0.625. The summed E-state index contributed by atoms with van der Waals surface area (Å²) >= 11 is 0. The van der Waals surface area contributed by atoms with Crippen LogP contribution in [0.15, 0.2) is 0 Å². The van der Waals surface area contributed by atoms with Crippen molar-refractivity contribution in [3.63, 3.8) is 0 Å². The molecule has 0 bridgehead atoms. The van der Waals surface area contributed by atoms with Crippen LogP contribution in [0.1, 0.15) is 26.2 Å². The molecular weight excluding hydrogens is 126 g/mol. The second kappa shape index (κ2) is 4.87. The third-order valence-electron chi connectivity index (χ3n) is 1.35. The fourth-order valence-corrected chi connectivity index (χ4v) is 0.692. The second-order valence-corrected chi connectivity index (χ2v) is 2.52. The zero-order valence-corrected chi connectivity index (χ0v) is 6.26. The summed E-state index contributed by atoms with van der Waals surface area (Å²) in [7, 11) is 0. The third-order valence-corrected chi connectivity index (χ3v) is 1.35. The van der Waals surface area contributed by atoms with Crippen molar-refractivity contribution in [1.29, 1.82) is 0 Å². The van der Waals surface area contributed by atoms with Gasteiger partial charge >= 0.3 is 0 Å². The molecule has 0 fully saturated rings. The summed E-state index contributed by atoms with van der Waals surface area (Å²) in [6.07, 6.45) is 7.05. The van der Waals surface area contributed by atoms with E-state index in [1.54, 1.807) is 0 Å². The Balaban J connectivity index is 3.32. The van der Waals surface area contributed by atoms with Crippen molar-refractivity contribution in [2.45, 2.75) is 26.2 Å². The molecule has 0 rings (SSSR count). The van der Waals surface area contributed by atoms with E-state index in [4.69, 9.17) is 12.2 Å². The highest BCUT2D eigenvalue weighted by atomic mass is 16.1. The van der Waals surface area contributed by atoms with Gasteiger partial charge in [-0.15, -0.1) is 12.3 Å². The molecule has 0 aromatic rings. The molecule has 1 unspecified atom stereocenters. The van der Waals surface area contributed by atoms with E-state index >= 15 is 0 Å². The number of carbonyl (C=O) groups excluding carboxylic acids is 1. The van der Waals surface area contributed by atoms with Crippen LogP contribution in [0, 0.1) is 18.3 Å². The van der Waals surface area contributed by atoms with Crippen molar-refractivity contribution in [2.75, 3.05) is 0 Å². The highest BCUT2D eigenvalue weighted by Crippen LogP contribution is 2.07. The molecule has 0 radical (unpaired) electrons. The summed E-state index contributed by atoms with van der Waals surface area (Å²) in [5.41, 5.74) is 4.95. The zero-order valence-electron chi connectivity index (χ0n) is 6.26. The first-order chi connectivity index (χ1) is 4.66. The van der Waals surface area contributed by atoms with Crippen LogP contribution in [-0.2, 0) is 4.79 Å². The predicted octanol–water partition coefficient (Wildman–Crippen LogP) is 0.911. The zero-order chi connectivity index (χ0) is 7.98. The van der Waals surface area contributed by atoms with Crippen molar-refractivity contribution in [2.24, 2.45) is 11.7 Å². The first kappa shape index (κ1) is 9.03. The Kier molecular flexibility index (Phi) is 4.39. The quantitative estimate of drug-likeness (QED) is 0.578. The van der Waals surface area contributed by atoms with Gasteiger partial charge in [-0.2, -0.15) is 0 Å². The molecule has 0 aliphatic heterocycles. The van der Waals surface area contributed by atoms with Crippen LogP contribution in [0.3, 0.4) is 0 Å². The molecule has 0 spiro atoms. The van der Waals surface area contributed by atoms with E-state index in [0.29, 0.717) is 12.3 Å². The average Bonchev–Trinajstić information content (AvgIpc) is 1.85. The Labute approximate surface area is 61.8 Å². The Hall–Kier alpha value is -0.970. The van der Waals surface area contributed by atoms with Crippen LogP contribution in [0.5, 0.6) is 0 Å². The van der Waals surface area contributed by atoms with E-state index in [0.717, 1.165) is 12.8 Å². The summed E-state index contributed by atoms with van der Waals surface area (Å²) in [4.78, 5) is 10.3. The van der Waals surface area contributed by atoms with Gasteiger partial charge in [0.25, 0.3) is 0 Å². The maximum absolute atomic E-state index is 10.3. The number of amides is 1. The number of hydrogen-bond acceptors (Lipinski definition) is 1. The molecule has 1 amide bonds. The predicted molar refractivity (Wildman–Crippen MR) is 41.0 cm³/mol. The van der Waals surface area contributed by atoms with Gasteiger partial charge in [0.15, 0.2) is 0 Å². The lowest BCUT2D eigenvalue weighted by Crippen LogP contribution is -2.11. The second-order valence-electron chi connectivity index (χ2n) is 2.52. The van der Waals surface area contributed by atoms with Gasteiger partial charge in [-0.3, -0.25) is 4.79 Å². The van der Waals surface area contributed by atoms with E-state index in [2.05, 4.69) is 5.92 Å². The lowest BCUT2D eigenvalue weighted by Gasteiger charge is -2.03. The highest BCUT2D eigenvalue weighted by molar-refractivity contribution is 5.73.